The van der Waals surface area contributed by atoms with Gasteiger partial charge in [-0.15, -0.1) is 10.2 Å². The van der Waals surface area contributed by atoms with Gasteiger partial charge in [-0.1, -0.05) is 18.5 Å². The largest absolute Gasteiger partial charge is 0.348 e. The van der Waals surface area contributed by atoms with Gasteiger partial charge >= 0.3 is 0 Å². The Morgan fingerprint density at radius 1 is 1.53 bits per heavy atom. The van der Waals surface area contributed by atoms with Crippen molar-refractivity contribution in [2.24, 2.45) is 0 Å². The Hall–Kier alpha value is -0.810. The Kier molecular flexibility index (Phi) is 6.29. The van der Waals surface area contributed by atoms with E-state index in [-0.39, 0.29) is 17.1 Å². The number of amides is 1. The van der Waals surface area contributed by atoms with Crippen LogP contribution in [0.15, 0.2) is 12.1 Å². The average Bonchev–Trinajstić information content (AvgIpc) is 2.30. The summed E-state index contributed by atoms with van der Waals surface area (Å²) in [5.74, 6) is 1.94. The van der Waals surface area contributed by atoms with Gasteiger partial charge in [0.05, 0.1) is 0 Å². The molecule has 0 saturated heterocycles. The predicted octanol–water partition coefficient (Wildman–Crippen LogP) is 2.39. The van der Waals surface area contributed by atoms with Crippen molar-refractivity contribution in [3.63, 3.8) is 0 Å². The highest BCUT2D eigenvalue weighted by molar-refractivity contribution is 7.99. The lowest BCUT2D eigenvalue weighted by Gasteiger charge is -2.12. The number of nitrogens with zero attached hydrogens (tertiary/aromatic N) is 2. The number of carbonyl (C=O) groups excluding carboxylic acids is 1. The zero-order valence-electron chi connectivity index (χ0n) is 9.94. The van der Waals surface area contributed by atoms with Crippen molar-refractivity contribution in [3.05, 3.63) is 23.0 Å². The van der Waals surface area contributed by atoms with Crippen LogP contribution in [0.1, 0.15) is 30.8 Å². The van der Waals surface area contributed by atoms with Gasteiger partial charge in [0.15, 0.2) is 10.8 Å². The summed E-state index contributed by atoms with van der Waals surface area (Å²) in [7, 11) is 0. The molecule has 1 aromatic rings. The van der Waals surface area contributed by atoms with Crippen LogP contribution in [0.25, 0.3) is 0 Å². The van der Waals surface area contributed by atoms with Gasteiger partial charge in [0.1, 0.15) is 0 Å². The molecule has 0 fully saturated rings. The van der Waals surface area contributed by atoms with E-state index in [0.29, 0.717) is 5.69 Å². The molecule has 4 nitrogen and oxygen atoms in total. The Bertz CT molecular complexity index is 358. The third-order valence-electron chi connectivity index (χ3n) is 2.14. The lowest BCUT2D eigenvalue weighted by Crippen LogP contribution is -2.33. The van der Waals surface area contributed by atoms with Crippen LogP contribution in [-0.2, 0) is 0 Å². The fourth-order valence-electron chi connectivity index (χ4n) is 1.21. The maximum absolute atomic E-state index is 11.7. The number of hydrogen-bond acceptors (Lipinski definition) is 4. The maximum atomic E-state index is 11.7. The van der Waals surface area contributed by atoms with Crippen LogP contribution in [0.4, 0.5) is 0 Å². The third kappa shape index (κ3) is 5.37. The molecule has 1 amide bonds. The normalized spacial score (nSPS) is 12.2. The van der Waals surface area contributed by atoms with Crippen LogP contribution < -0.4 is 5.32 Å². The molecule has 1 N–H and O–H groups in total. The second-order valence-electron chi connectivity index (χ2n) is 3.60. The quantitative estimate of drug-likeness (QED) is 0.809. The second-order valence-corrected chi connectivity index (χ2v) is 5.38. The lowest BCUT2D eigenvalue weighted by atomic mass is 10.2. The first-order valence-electron chi connectivity index (χ1n) is 5.51. The molecule has 94 valence electrons. The van der Waals surface area contributed by atoms with Crippen LogP contribution in [0.3, 0.4) is 0 Å². The number of carbonyl (C=O) groups is 1. The first kappa shape index (κ1) is 14.3. The Morgan fingerprint density at radius 3 is 2.88 bits per heavy atom. The Labute approximate surface area is 111 Å². The zero-order chi connectivity index (χ0) is 12.7. The summed E-state index contributed by atoms with van der Waals surface area (Å²) in [6, 6.07) is 3.26. The molecule has 0 bridgehead atoms. The molecule has 0 aromatic carbocycles. The first-order valence-corrected chi connectivity index (χ1v) is 7.04. The molecule has 1 atom stereocenters. The van der Waals surface area contributed by atoms with Crippen molar-refractivity contribution in [2.75, 3.05) is 11.5 Å². The van der Waals surface area contributed by atoms with E-state index >= 15 is 0 Å². The van der Waals surface area contributed by atoms with Gasteiger partial charge in [-0.25, -0.2) is 0 Å². The summed E-state index contributed by atoms with van der Waals surface area (Å²) < 4.78 is 0. The van der Waals surface area contributed by atoms with E-state index in [0.717, 1.165) is 17.9 Å². The van der Waals surface area contributed by atoms with Gasteiger partial charge in [-0.05, 0) is 37.0 Å². The summed E-state index contributed by atoms with van der Waals surface area (Å²) in [4.78, 5) is 11.7. The number of nitrogens with one attached hydrogen (secondary N) is 1. The average molecular weight is 274 g/mol. The highest BCUT2D eigenvalue weighted by Crippen LogP contribution is 2.05. The first-order chi connectivity index (χ1) is 8.13. The maximum Gasteiger partial charge on any atom is 0.272 e. The summed E-state index contributed by atoms with van der Waals surface area (Å²) in [6.07, 6.45) is 0.950. The molecule has 0 spiro atoms. The fraction of sp³-hybridized carbons (Fsp3) is 0.545. The van der Waals surface area contributed by atoms with Crippen molar-refractivity contribution in [3.8, 4) is 0 Å². The molecule has 6 heteroatoms. The monoisotopic (exact) mass is 273 g/mol. The van der Waals surface area contributed by atoms with Crippen LogP contribution in [0.2, 0.25) is 5.15 Å². The molecule has 0 aliphatic heterocycles. The van der Waals surface area contributed by atoms with Crippen molar-refractivity contribution < 1.29 is 4.79 Å². The lowest BCUT2D eigenvalue weighted by molar-refractivity contribution is 0.0933. The van der Waals surface area contributed by atoms with E-state index in [2.05, 4.69) is 22.4 Å². The summed E-state index contributed by atoms with van der Waals surface area (Å²) in [5, 5.41) is 10.5. The van der Waals surface area contributed by atoms with E-state index < -0.39 is 0 Å². The highest BCUT2D eigenvalue weighted by atomic mass is 35.5. The van der Waals surface area contributed by atoms with E-state index in [4.69, 9.17) is 11.6 Å². The van der Waals surface area contributed by atoms with Gasteiger partial charge < -0.3 is 5.32 Å². The van der Waals surface area contributed by atoms with Crippen LogP contribution in [-0.4, -0.2) is 33.7 Å². The number of halogens is 1. The fourth-order valence-corrected chi connectivity index (χ4v) is 2.12. The van der Waals surface area contributed by atoms with Crippen LogP contribution >= 0.6 is 23.4 Å². The standard InChI is InChI=1S/C11H16ClN3OS/c1-3-17-7-6-8(2)13-11(16)9-4-5-10(12)15-14-9/h4-5,8H,3,6-7H2,1-2H3,(H,13,16). The SMILES string of the molecule is CCSCCC(C)NC(=O)c1ccc(Cl)nn1. The van der Waals surface area contributed by atoms with Gasteiger partial charge in [0.2, 0.25) is 0 Å². The Balaban J connectivity index is 2.40. The summed E-state index contributed by atoms with van der Waals surface area (Å²) >= 11 is 7.46. The molecule has 0 radical (unpaired) electrons. The Morgan fingerprint density at radius 2 is 2.29 bits per heavy atom. The number of hydrogen-bond donors (Lipinski definition) is 1. The zero-order valence-corrected chi connectivity index (χ0v) is 11.5. The number of aromatic nitrogens is 2. The van der Waals surface area contributed by atoms with Gasteiger partial charge in [0, 0.05) is 6.04 Å². The van der Waals surface area contributed by atoms with Crippen LogP contribution in [0, 0.1) is 0 Å². The minimum absolute atomic E-state index is 0.138. The third-order valence-corrected chi connectivity index (χ3v) is 3.28. The molecule has 1 heterocycles. The second kappa shape index (κ2) is 7.50. The van der Waals surface area contributed by atoms with Gasteiger partial charge in [0.25, 0.3) is 5.91 Å². The van der Waals surface area contributed by atoms with Crippen molar-refractivity contribution in [2.45, 2.75) is 26.3 Å². The molecular formula is C11H16ClN3OS. The molecular weight excluding hydrogens is 258 g/mol. The smallest absolute Gasteiger partial charge is 0.272 e. The molecule has 0 aliphatic carbocycles. The minimum Gasteiger partial charge on any atom is -0.348 e. The van der Waals surface area contributed by atoms with E-state index in [1.807, 2.05) is 18.7 Å². The molecule has 17 heavy (non-hydrogen) atoms. The highest BCUT2D eigenvalue weighted by Gasteiger charge is 2.11. The number of rotatable bonds is 6. The summed E-state index contributed by atoms with van der Waals surface area (Å²) in [6.45, 7) is 4.11. The predicted molar refractivity (Wildman–Crippen MR) is 71.6 cm³/mol. The topological polar surface area (TPSA) is 54.9 Å². The van der Waals surface area contributed by atoms with Crippen molar-refractivity contribution in [1.82, 2.24) is 15.5 Å². The van der Waals surface area contributed by atoms with Crippen LogP contribution in [0.5, 0.6) is 0 Å². The molecule has 1 rings (SSSR count). The van der Waals surface area contributed by atoms with Crippen molar-refractivity contribution in [1.29, 1.82) is 0 Å². The molecule has 1 aromatic heterocycles. The molecule has 1 unspecified atom stereocenters. The minimum atomic E-state index is -0.205. The van der Waals surface area contributed by atoms with Crippen molar-refractivity contribution >= 4 is 29.3 Å². The van der Waals surface area contributed by atoms with E-state index in [9.17, 15) is 4.79 Å². The van der Waals surface area contributed by atoms with Gasteiger partial charge in [-0.2, -0.15) is 11.8 Å². The van der Waals surface area contributed by atoms with Gasteiger partial charge in [-0.3, -0.25) is 4.79 Å². The van der Waals surface area contributed by atoms with E-state index in [1.165, 1.54) is 0 Å². The molecule has 0 aliphatic rings. The van der Waals surface area contributed by atoms with E-state index in [1.54, 1.807) is 12.1 Å². The molecule has 0 saturated carbocycles. The number of thioether (sulfide) groups is 1. The summed E-state index contributed by atoms with van der Waals surface area (Å²) in [5.41, 5.74) is 0.296.